The summed E-state index contributed by atoms with van der Waals surface area (Å²) in [7, 11) is -1.79. The van der Waals surface area contributed by atoms with Crippen LogP contribution in [-0.2, 0) is 16.4 Å². The van der Waals surface area contributed by atoms with Crippen molar-refractivity contribution >= 4 is 15.7 Å². The molecule has 2 aromatic rings. The summed E-state index contributed by atoms with van der Waals surface area (Å²) in [6.45, 7) is 1.92. The average Bonchev–Trinajstić information content (AvgIpc) is 2.48. The fourth-order valence-corrected chi connectivity index (χ4v) is 3.32. The monoisotopic (exact) mass is 333 g/mol. The van der Waals surface area contributed by atoms with E-state index in [4.69, 9.17) is 0 Å². The predicted octanol–water partition coefficient (Wildman–Crippen LogP) is 2.38. The van der Waals surface area contributed by atoms with Crippen molar-refractivity contribution in [1.82, 2.24) is 4.90 Å². The van der Waals surface area contributed by atoms with Gasteiger partial charge in [-0.25, -0.2) is 8.42 Å². The first kappa shape index (κ1) is 17.0. The number of sulfone groups is 1. The second-order valence-electron chi connectivity index (χ2n) is 5.54. The van der Waals surface area contributed by atoms with Crippen molar-refractivity contribution in [3.8, 4) is 5.75 Å². The molecule has 1 N–H and O–H groups in total. The van der Waals surface area contributed by atoms with E-state index >= 15 is 0 Å². The maximum Gasteiger partial charge on any atom is 0.253 e. The molecule has 0 radical (unpaired) electrons. The number of amides is 1. The molecule has 0 aliphatic heterocycles. The van der Waals surface area contributed by atoms with Crippen LogP contribution in [0.4, 0.5) is 0 Å². The van der Waals surface area contributed by atoms with Crippen molar-refractivity contribution in [3.05, 3.63) is 59.2 Å². The van der Waals surface area contributed by atoms with Gasteiger partial charge in [0.2, 0.25) is 0 Å². The molecule has 2 rings (SSSR count). The van der Waals surface area contributed by atoms with Gasteiger partial charge in [-0.15, -0.1) is 0 Å². The van der Waals surface area contributed by atoms with Gasteiger partial charge in [0.1, 0.15) is 5.75 Å². The van der Waals surface area contributed by atoms with E-state index < -0.39 is 9.84 Å². The third-order valence-corrected chi connectivity index (χ3v) is 4.82. The van der Waals surface area contributed by atoms with Crippen molar-refractivity contribution in [3.63, 3.8) is 0 Å². The number of carbonyl (C=O) groups excluding carboxylic acids is 1. The van der Waals surface area contributed by atoms with E-state index in [1.807, 2.05) is 0 Å². The second kappa shape index (κ2) is 6.42. The van der Waals surface area contributed by atoms with Crippen LogP contribution in [0.3, 0.4) is 0 Å². The Bertz CT molecular complexity index is 843. The van der Waals surface area contributed by atoms with Gasteiger partial charge >= 0.3 is 0 Å². The molecular formula is C17H19NO4S. The standard InChI is InChI=1S/C17H19NO4S/c1-12-8-9-13(10-16(12)23(3,21)22)17(20)18(2)11-14-6-4-5-7-15(14)19/h4-10,19H,11H2,1-3H3. The molecule has 0 aromatic heterocycles. The van der Waals surface area contributed by atoms with Crippen LogP contribution >= 0.6 is 0 Å². The Morgan fingerprint density at radius 1 is 1.17 bits per heavy atom. The van der Waals surface area contributed by atoms with Gasteiger partial charge in [0.05, 0.1) is 4.90 Å². The molecule has 0 saturated heterocycles. The van der Waals surface area contributed by atoms with Gasteiger partial charge in [0, 0.05) is 31.0 Å². The Kier molecular flexibility index (Phi) is 4.75. The first-order valence-electron chi connectivity index (χ1n) is 7.03. The first-order valence-corrected chi connectivity index (χ1v) is 8.92. The summed E-state index contributed by atoms with van der Waals surface area (Å²) >= 11 is 0. The molecule has 0 aliphatic rings. The number of hydrogen-bond donors (Lipinski definition) is 1. The number of phenolic OH excluding ortho intramolecular Hbond substituents is 1. The number of phenols is 1. The van der Waals surface area contributed by atoms with E-state index in [1.165, 1.54) is 11.0 Å². The van der Waals surface area contributed by atoms with Crippen LogP contribution in [0.2, 0.25) is 0 Å². The molecule has 0 unspecified atom stereocenters. The highest BCUT2D eigenvalue weighted by atomic mass is 32.2. The Morgan fingerprint density at radius 2 is 1.83 bits per heavy atom. The van der Waals surface area contributed by atoms with Crippen LogP contribution in [-0.4, -0.2) is 37.6 Å². The van der Waals surface area contributed by atoms with E-state index in [2.05, 4.69) is 0 Å². The smallest absolute Gasteiger partial charge is 0.253 e. The lowest BCUT2D eigenvalue weighted by Gasteiger charge is -2.18. The molecule has 0 bridgehead atoms. The van der Waals surface area contributed by atoms with E-state index in [9.17, 15) is 18.3 Å². The molecule has 0 fully saturated rings. The van der Waals surface area contributed by atoms with Crippen molar-refractivity contribution in [2.45, 2.75) is 18.4 Å². The van der Waals surface area contributed by atoms with Crippen LogP contribution < -0.4 is 0 Å². The number of rotatable bonds is 4. The zero-order valence-corrected chi connectivity index (χ0v) is 14.1. The van der Waals surface area contributed by atoms with Crippen LogP contribution in [0.15, 0.2) is 47.4 Å². The van der Waals surface area contributed by atoms with Crippen molar-refractivity contribution in [2.75, 3.05) is 13.3 Å². The van der Waals surface area contributed by atoms with Gasteiger partial charge in [-0.05, 0) is 30.7 Å². The molecule has 0 aliphatic carbocycles. The quantitative estimate of drug-likeness (QED) is 0.932. The van der Waals surface area contributed by atoms with Crippen molar-refractivity contribution in [2.24, 2.45) is 0 Å². The molecule has 23 heavy (non-hydrogen) atoms. The number of para-hydroxylation sites is 1. The SMILES string of the molecule is Cc1ccc(C(=O)N(C)Cc2ccccc2O)cc1S(C)(=O)=O. The lowest BCUT2D eigenvalue weighted by molar-refractivity contribution is 0.0784. The lowest BCUT2D eigenvalue weighted by Crippen LogP contribution is -2.26. The maximum atomic E-state index is 12.5. The zero-order chi connectivity index (χ0) is 17.2. The van der Waals surface area contributed by atoms with Crippen molar-refractivity contribution < 1.29 is 18.3 Å². The topological polar surface area (TPSA) is 74.7 Å². The average molecular weight is 333 g/mol. The fraction of sp³-hybridized carbons (Fsp3) is 0.235. The highest BCUT2D eigenvalue weighted by Gasteiger charge is 2.18. The summed E-state index contributed by atoms with van der Waals surface area (Å²) in [6.07, 6.45) is 1.12. The maximum absolute atomic E-state index is 12.5. The molecule has 5 nitrogen and oxygen atoms in total. The molecule has 0 spiro atoms. The minimum absolute atomic E-state index is 0.118. The van der Waals surface area contributed by atoms with Gasteiger partial charge in [-0.1, -0.05) is 24.3 Å². The normalized spacial score (nSPS) is 11.3. The molecule has 1 amide bonds. The van der Waals surface area contributed by atoms with Crippen LogP contribution in [0.5, 0.6) is 5.75 Å². The number of nitrogens with zero attached hydrogens (tertiary/aromatic N) is 1. The van der Waals surface area contributed by atoms with E-state index in [1.54, 1.807) is 50.4 Å². The summed E-state index contributed by atoms with van der Waals surface area (Å²) in [6, 6.07) is 11.4. The molecule has 0 atom stereocenters. The molecule has 0 heterocycles. The highest BCUT2D eigenvalue weighted by Crippen LogP contribution is 2.20. The predicted molar refractivity (Wildman–Crippen MR) is 88.2 cm³/mol. The number of benzene rings is 2. The largest absolute Gasteiger partial charge is 0.508 e. The van der Waals surface area contributed by atoms with Gasteiger partial charge in [-0.3, -0.25) is 4.79 Å². The minimum Gasteiger partial charge on any atom is -0.508 e. The number of carbonyl (C=O) groups is 1. The Labute approximate surface area is 136 Å². The molecule has 0 saturated carbocycles. The van der Waals surface area contributed by atoms with Gasteiger partial charge in [-0.2, -0.15) is 0 Å². The summed E-state index contributed by atoms with van der Waals surface area (Å²) in [5.74, 6) is -0.189. The van der Waals surface area contributed by atoms with Crippen molar-refractivity contribution in [1.29, 1.82) is 0 Å². The molecule has 2 aromatic carbocycles. The number of aromatic hydroxyl groups is 1. The molecule has 6 heteroatoms. The number of hydrogen-bond acceptors (Lipinski definition) is 4. The van der Waals surface area contributed by atoms with Gasteiger partial charge in [0.15, 0.2) is 9.84 Å². The van der Waals surface area contributed by atoms with E-state index in [0.29, 0.717) is 16.7 Å². The lowest BCUT2D eigenvalue weighted by atomic mass is 10.1. The number of aryl methyl sites for hydroxylation is 1. The molecular weight excluding hydrogens is 314 g/mol. The third-order valence-electron chi connectivity index (χ3n) is 3.58. The third kappa shape index (κ3) is 3.90. The summed E-state index contributed by atoms with van der Waals surface area (Å²) < 4.78 is 23.6. The first-order chi connectivity index (χ1) is 10.7. The second-order valence-corrected chi connectivity index (χ2v) is 7.53. The Balaban J connectivity index is 2.28. The van der Waals surface area contributed by atoms with Crippen LogP contribution in [0.25, 0.3) is 0 Å². The van der Waals surface area contributed by atoms with Gasteiger partial charge in [0.25, 0.3) is 5.91 Å². The van der Waals surface area contributed by atoms with Gasteiger partial charge < -0.3 is 10.0 Å². The minimum atomic E-state index is -3.39. The van der Waals surface area contributed by atoms with E-state index in [0.717, 1.165) is 6.26 Å². The Hall–Kier alpha value is -2.34. The molecule has 122 valence electrons. The van der Waals surface area contributed by atoms with Crippen LogP contribution in [0, 0.1) is 6.92 Å². The van der Waals surface area contributed by atoms with Crippen LogP contribution in [0.1, 0.15) is 21.5 Å². The Morgan fingerprint density at radius 3 is 2.43 bits per heavy atom. The summed E-state index contributed by atoms with van der Waals surface area (Å²) in [4.78, 5) is 14.1. The summed E-state index contributed by atoms with van der Waals surface area (Å²) in [5.41, 5.74) is 1.53. The highest BCUT2D eigenvalue weighted by molar-refractivity contribution is 7.90. The fourth-order valence-electron chi connectivity index (χ4n) is 2.32. The zero-order valence-electron chi connectivity index (χ0n) is 13.3. The summed E-state index contributed by atoms with van der Waals surface area (Å²) in [5, 5.41) is 9.78. The van der Waals surface area contributed by atoms with E-state index in [-0.39, 0.29) is 23.1 Å².